The Morgan fingerprint density at radius 1 is 1.33 bits per heavy atom. The van der Waals surface area contributed by atoms with E-state index in [1.54, 1.807) is 30.3 Å². The second kappa shape index (κ2) is 11.5. The zero-order valence-electron chi connectivity index (χ0n) is 16.6. The second-order valence-corrected chi connectivity index (χ2v) is 6.98. The molecule has 152 valence electrons. The van der Waals surface area contributed by atoms with Crippen molar-refractivity contribution < 1.29 is 14.3 Å². The number of ether oxygens (including phenoxy) is 2. The topological polar surface area (TPSA) is 71.3 Å². The summed E-state index contributed by atoms with van der Waals surface area (Å²) in [6.07, 6.45) is 9.06. The average Bonchev–Trinajstić information content (AvgIpc) is 2.72. The lowest BCUT2D eigenvalue weighted by molar-refractivity contribution is -0.112. The van der Waals surface area contributed by atoms with Crippen LogP contribution >= 0.6 is 15.9 Å². The maximum Gasteiger partial charge on any atom is 0.266 e. The van der Waals surface area contributed by atoms with Crippen molar-refractivity contribution in [1.82, 2.24) is 0 Å². The number of amides is 1. The first-order valence-electron chi connectivity index (χ1n) is 9.18. The first-order valence-corrected chi connectivity index (χ1v) is 9.97. The third-order valence-electron chi connectivity index (χ3n) is 3.88. The van der Waals surface area contributed by atoms with Gasteiger partial charge in [-0.2, -0.15) is 5.26 Å². The van der Waals surface area contributed by atoms with Crippen molar-refractivity contribution in [2.24, 2.45) is 0 Å². The maximum atomic E-state index is 12.6. The van der Waals surface area contributed by atoms with Gasteiger partial charge in [-0.1, -0.05) is 34.0 Å². The van der Waals surface area contributed by atoms with Gasteiger partial charge in [0.15, 0.2) is 11.5 Å². The van der Waals surface area contributed by atoms with Crippen LogP contribution in [-0.4, -0.2) is 19.1 Å². The van der Waals surface area contributed by atoms with Gasteiger partial charge in [0.25, 0.3) is 5.91 Å². The highest BCUT2D eigenvalue weighted by Crippen LogP contribution is 2.34. The largest absolute Gasteiger partial charge is 0.490 e. The van der Waals surface area contributed by atoms with Crippen molar-refractivity contribution in [2.75, 3.05) is 18.5 Å². The number of anilines is 1. The SMILES string of the molecule is C#CCOc1c(CC=C)cc(/C=C(/C#N)C(=O)Nc2cccc(Br)c2)cc1OCC. The molecule has 0 aliphatic heterocycles. The zero-order chi connectivity index (χ0) is 21.9. The van der Waals surface area contributed by atoms with E-state index >= 15 is 0 Å². The van der Waals surface area contributed by atoms with Gasteiger partial charge < -0.3 is 14.8 Å². The Hall–Kier alpha value is -3.48. The fourth-order valence-corrected chi connectivity index (χ4v) is 3.09. The van der Waals surface area contributed by atoms with Crippen LogP contribution in [0, 0.1) is 23.7 Å². The number of benzene rings is 2. The number of hydrogen-bond acceptors (Lipinski definition) is 4. The van der Waals surface area contributed by atoms with Crippen LogP contribution in [0.25, 0.3) is 6.08 Å². The fraction of sp³-hybridized carbons (Fsp3) is 0.167. The van der Waals surface area contributed by atoms with Crippen molar-refractivity contribution in [3.8, 4) is 29.9 Å². The van der Waals surface area contributed by atoms with E-state index in [1.807, 2.05) is 25.1 Å². The van der Waals surface area contributed by atoms with Gasteiger partial charge in [0.05, 0.1) is 6.61 Å². The average molecular weight is 465 g/mol. The van der Waals surface area contributed by atoms with Gasteiger partial charge in [0.2, 0.25) is 0 Å². The molecule has 0 bridgehead atoms. The summed E-state index contributed by atoms with van der Waals surface area (Å²) in [6.45, 7) is 6.14. The quantitative estimate of drug-likeness (QED) is 0.241. The predicted molar refractivity (Wildman–Crippen MR) is 122 cm³/mol. The molecule has 0 spiro atoms. The lowest BCUT2D eigenvalue weighted by atomic mass is 10.0. The monoisotopic (exact) mass is 464 g/mol. The highest BCUT2D eigenvalue weighted by molar-refractivity contribution is 9.10. The summed E-state index contributed by atoms with van der Waals surface area (Å²) in [6, 6.07) is 12.6. The number of nitriles is 1. The highest BCUT2D eigenvalue weighted by Gasteiger charge is 2.15. The van der Waals surface area contributed by atoms with Gasteiger partial charge in [0.1, 0.15) is 18.2 Å². The van der Waals surface area contributed by atoms with Crippen molar-refractivity contribution >= 4 is 33.6 Å². The molecule has 6 heteroatoms. The smallest absolute Gasteiger partial charge is 0.266 e. The van der Waals surface area contributed by atoms with E-state index < -0.39 is 5.91 Å². The molecule has 2 aromatic carbocycles. The fourth-order valence-electron chi connectivity index (χ4n) is 2.69. The van der Waals surface area contributed by atoms with E-state index in [2.05, 4.69) is 33.7 Å². The Balaban J connectivity index is 2.42. The van der Waals surface area contributed by atoms with Crippen molar-refractivity contribution in [1.29, 1.82) is 5.26 Å². The second-order valence-electron chi connectivity index (χ2n) is 6.06. The summed E-state index contributed by atoms with van der Waals surface area (Å²) >= 11 is 3.35. The molecule has 0 heterocycles. The van der Waals surface area contributed by atoms with Crippen LogP contribution in [0.1, 0.15) is 18.1 Å². The summed E-state index contributed by atoms with van der Waals surface area (Å²) in [5, 5.41) is 12.2. The number of halogens is 1. The van der Waals surface area contributed by atoms with Crippen LogP contribution in [0.5, 0.6) is 11.5 Å². The van der Waals surface area contributed by atoms with Crippen LogP contribution in [0.3, 0.4) is 0 Å². The first kappa shape index (κ1) is 22.8. The van der Waals surface area contributed by atoms with E-state index in [-0.39, 0.29) is 12.2 Å². The summed E-state index contributed by atoms with van der Waals surface area (Å²) in [5.74, 6) is 2.95. The summed E-state index contributed by atoms with van der Waals surface area (Å²) in [4.78, 5) is 12.6. The van der Waals surface area contributed by atoms with E-state index in [0.29, 0.717) is 35.8 Å². The Bertz CT molecular complexity index is 1050. The van der Waals surface area contributed by atoms with Crippen molar-refractivity contribution in [2.45, 2.75) is 13.3 Å². The number of carbonyl (C=O) groups excluding carboxylic acids is 1. The number of rotatable bonds is 9. The molecule has 2 aromatic rings. The Labute approximate surface area is 185 Å². The molecule has 5 nitrogen and oxygen atoms in total. The van der Waals surface area contributed by atoms with Gasteiger partial charge in [-0.15, -0.1) is 13.0 Å². The molecule has 0 saturated carbocycles. The van der Waals surface area contributed by atoms with Crippen LogP contribution in [0.15, 0.2) is 59.1 Å². The van der Waals surface area contributed by atoms with Crippen molar-refractivity contribution in [3.63, 3.8) is 0 Å². The molecule has 0 aromatic heterocycles. The van der Waals surface area contributed by atoms with Gasteiger partial charge in [-0.25, -0.2) is 0 Å². The molecule has 0 atom stereocenters. The van der Waals surface area contributed by atoms with E-state index in [1.165, 1.54) is 6.08 Å². The number of terminal acetylenes is 1. The first-order chi connectivity index (χ1) is 14.5. The summed E-state index contributed by atoms with van der Waals surface area (Å²) < 4.78 is 12.2. The Kier molecular flexibility index (Phi) is 8.75. The minimum atomic E-state index is -0.508. The molecular formula is C24H21BrN2O3. The standard InChI is InChI=1S/C24H21BrN2O3/c1-4-8-18-12-17(14-22(29-6-3)23(18)30-11-5-2)13-19(16-26)24(28)27-21-10-7-9-20(25)15-21/h2,4,7,9-10,12-15H,1,6,8,11H2,3H3,(H,27,28)/b19-13-. The van der Waals surface area contributed by atoms with Gasteiger partial charge in [0, 0.05) is 15.7 Å². The van der Waals surface area contributed by atoms with Crippen LogP contribution in [-0.2, 0) is 11.2 Å². The molecule has 30 heavy (non-hydrogen) atoms. The molecule has 0 saturated heterocycles. The minimum absolute atomic E-state index is 0.0423. The lowest BCUT2D eigenvalue weighted by Crippen LogP contribution is -2.13. The van der Waals surface area contributed by atoms with Crippen LogP contribution in [0.4, 0.5) is 5.69 Å². The van der Waals surface area contributed by atoms with E-state index in [0.717, 1.165) is 10.0 Å². The third-order valence-corrected chi connectivity index (χ3v) is 4.37. The molecule has 0 aliphatic rings. The van der Waals surface area contributed by atoms with Crippen LogP contribution < -0.4 is 14.8 Å². The van der Waals surface area contributed by atoms with Gasteiger partial charge in [-0.3, -0.25) is 4.79 Å². The maximum absolute atomic E-state index is 12.6. The Morgan fingerprint density at radius 2 is 2.13 bits per heavy atom. The van der Waals surface area contributed by atoms with E-state index in [4.69, 9.17) is 15.9 Å². The lowest BCUT2D eigenvalue weighted by Gasteiger charge is -2.15. The number of carbonyl (C=O) groups is 1. The number of allylic oxidation sites excluding steroid dienone is 1. The molecule has 0 unspecified atom stereocenters. The number of nitrogens with zero attached hydrogens (tertiary/aromatic N) is 1. The van der Waals surface area contributed by atoms with Crippen LogP contribution in [0.2, 0.25) is 0 Å². The number of nitrogens with one attached hydrogen (secondary N) is 1. The third kappa shape index (κ3) is 6.27. The molecule has 1 amide bonds. The number of hydrogen-bond donors (Lipinski definition) is 1. The molecule has 1 N–H and O–H groups in total. The summed E-state index contributed by atoms with van der Waals surface area (Å²) in [5.41, 5.74) is 1.96. The predicted octanol–water partition coefficient (Wildman–Crippen LogP) is 5.13. The zero-order valence-corrected chi connectivity index (χ0v) is 18.2. The molecule has 2 rings (SSSR count). The minimum Gasteiger partial charge on any atom is -0.490 e. The molecule has 0 fully saturated rings. The highest BCUT2D eigenvalue weighted by atomic mass is 79.9. The normalized spacial score (nSPS) is 10.5. The van der Waals surface area contributed by atoms with Gasteiger partial charge >= 0.3 is 0 Å². The molecule has 0 aliphatic carbocycles. The summed E-state index contributed by atoms with van der Waals surface area (Å²) in [7, 11) is 0. The van der Waals surface area contributed by atoms with Gasteiger partial charge in [-0.05, 0) is 55.3 Å². The van der Waals surface area contributed by atoms with Crippen molar-refractivity contribution in [3.05, 3.63) is 70.2 Å². The molecule has 0 radical (unpaired) electrons. The molecular weight excluding hydrogens is 444 g/mol. The van der Waals surface area contributed by atoms with E-state index in [9.17, 15) is 10.1 Å². The Morgan fingerprint density at radius 3 is 2.77 bits per heavy atom.